The average molecular weight is 301 g/mol. The van der Waals surface area contributed by atoms with E-state index in [0.29, 0.717) is 6.42 Å². The fourth-order valence-electron chi connectivity index (χ4n) is 1.81. The minimum Gasteiger partial charge on any atom is -0.497 e. The van der Waals surface area contributed by atoms with Crippen molar-refractivity contribution in [2.24, 2.45) is 5.92 Å². The molecule has 1 N–H and O–H groups in total. The van der Waals surface area contributed by atoms with Crippen LogP contribution in [0.25, 0.3) is 0 Å². The van der Waals surface area contributed by atoms with Crippen molar-refractivity contribution in [2.75, 3.05) is 7.11 Å². The lowest BCUT2D eigenvalue weighted by Gasteiger charge is -2.30. The Kier molecular flexibility index (Phi) is 5.02. The summed E-state index contributed by atoms with van der Waals surface area (Å²) in [4.78, 5) is 0. The summed E-state index contributed by atoms with van der Waals surface area (Å²) in [5.41, 5.74) is 0.388. The summed E-state index contributed by atoms with van der Waals surface area (Å²) in [6, 6.07) is 5.84. The van der Waals surface area contributed by atoms with E-state index in [1.165, 1.54) is 0 Å². The molecule has 2 atom stereocenters. The van der Waals surface area contributed by atoms with E-state index in [1.54, 1.807) is 7.11 Å². The third-order valence-electron chi connectivity index (χ3n) is 3.48. The standard InChI is InChI=1S/C14H21BrO2/c1-5-10(2)14(3,16)9-11-8-12(17-4)6-7-13(11)15/h6-8,10,16H,5,9H2,1-4H3. The quantitative estimate of drug-likeness (QED) is 0.896. The molecular weight excluding hydrogens is 280 g/mol. The van der Waals surface area contributed by atoms with Gasteiger partial charge in [0, 0.05) is 10.9 Å². The maximum absolute atomic E-state index is 10.5. The van der Waals surface area contributed by atoms with Gasteiger partial charge in [-0.2, -0.15) is 0 Å². The van der Waals surface area contributed by atoms with Gasteiger partial charge in [0.15, 0.2) is 0 Å². The minimum atomic E-state index is -0.691. The Hall–Kier alpha value is -0.540. The van der Waals surface area contributed by atoms with E-state index in [0.717, 1.165) is 22.2 Å². The van der Waals surface area contributed by atoms with Crippen LogP contribution in [0.2, 0.25) is 0 Å². The summed E-state index contributed by atoms with van der Waals surface area (Å²) >= 11 is 3.52. The maximum Gasteiger partial charge on any atom is 0.119 e. The van der Waals surface area contributed by atoms with Crippen molar-refractivity contribution in [1.29, 1.82) is 0 Å². The Labute approximate surface area is 112 Å². The molecule has 0 fully saturated rings. The Balaban J connectivity index is 2.94. The molecule has 0 bridgehead atoms. The van der Waals surface area contributed by atoms with Crippen LogP contribution >= 0.6 is 15.9 Å². The molecule has 96 valence electrons. The number of methoxy groups -OCH3 is 1. The molecule has 0 aliphatic rings. The van der Waals surface area contributed by atoms with Crippen LogP contribution in [-0.4, -0.2) is 17.8 Å². The third-order valence-corrected chi connectivity index (χ3v) is 4.25. The molecule has 0 heterocycles. The Morgan fingerprint density at radius 3 is 2.65 bits per heavy atom. The Bertz CT molecular complexity index is 374. The van der Waals surface area contributed by atoms with Crippen molar-refractivity contribution < 1.29 is 9.84 Å². The van der Waals surface area contributed by atoms with Crippen LogP contribution in [0.1, 0.15) is 32.8 Å². The lowest BCUT2D eigenvalue weighted by Crippen LogP contribution is -2.35. The first-order chi connectivity index (χ1) is 7.90. The summed E-state index contributed by atoms with van der Waals surface area (Å²) in [6.07, 6.45) is 1.59. The van der Waals surface area contributed by atoms with Crippen LogP contribution in [0.5, 0.6) is 5.75 Å². The van der Waals surface area contributed by atoms with Crippen molar-refractivity contribution in [3.63, 3.8) is 0 Å². The first-order valence-corrected chi connectivity index (χ1v) is 6.74. The number of aliphatic hydroxyl groups is 1. The predicted octanol–water partition coefficient (Wildman–Crippen LogP) is 3.80. The molecule has 1 rings (SSSR count). The van der Waals surface area contributed by atoms with Gasteiger partial charge in [-0.15, -0.1) is 0 Å². The van der Waals surface area contributed by atoms with Gasteiger partial charge in [-0.25, -0.2) is 0 Å². The molecule has 0 saturated heterocycles. The zero-order chi connectivity index (χ0) is 13.1. The molecule has 0 aromatic heterocycles. The van der Waals surface area contributed by atoms with E-state index in [2.05, 4.69) is 29.8 Å². The van der Waals surface area contributed by atoms with Gasteiger partial charge in [0.25, 0.3) is 0 Å². The largest absolute Gasteiger partial charge is 0.497 e. The number of hydrogen-bond donors (Lipinski definition) is 1. The Morgan fingerprint density at radius 1 is 1.47 bits per heavy atom. The van der Waals surface area contributed by atoms with E-state index in [9.17, 15) is 5.11 Å². The molecule has 3 heteroatoms. The number of rotatable bonds is 5. The van der Waals surface area contributed by atoms with E-state index in [4.69, 9.17) is 4.74 Å². The van der Waals surface area contributed by atoms with Crippen molar-refractivity contribution in [3.05, 3.63) is 28.2 Å². The predicted molar refractivity (Wildman–Crippen MR) is 74.5 cm³/mol. The molecule has 1 aromatic carbocycles. The lowest BCUT2D eigenvalue weighted by molar-refractivity contribution is 0.00500. The monoisotopic (exact) mass is 300 g/mol. The summed E-state index contributed by atoms with van der Waals surface area (Å²) < 4.78 is 6.22. The normalized spacial score (nSPS) is 16.4. The summed E-state index contributed by atoms with van der Waals surface area (Å²) in [5.74, 6) is 1.09. The van der Waals surface area contributed by atoms with Crippen LogP contribution < -0.4 is 4.74 Å². The van der Waals surface area contributed by atoms with Gasteiger partial charge >= 0.3 is 0 Å². The molecule has 2 nitrogen and oxygen atoms in total. The fraction of sp³-hybridized carbons (Fsp3) is 0.571. The van der Waals surface area contributed by atoms with Gasteiger partial charge in [-0.3, -0.25) is 0 Å². The molecule has 0 aliphatic heterocycles. The Morgan fingerprint density at radius 2 is 2.12 bits per heavy atom. The molecule has 0 spiro atoms. The number of benzene rings is 1. The van der Waals surface area contributed by atoms with Gasteiger partial charge in [-0.1, -0.05) is 36.2 Å². The molecule has 0 amide bonds. The van der Waals surface area contributed by atoms with Crippen LogP contribution in [0, 0.1) is 5.92 Å². The van der Waals surface area contributed by atoms with Crippen molar-refractivity contribution >= 4 is 15.9 Å². The highest BCUT2D eigenvalue weighted by molar-refractivity contribution is 9.10. The third kappa shape index (κ3) is 3.71. The van der Waals surface area contributed by atoms with Gasteiger partial charge in [-0.05, 0) is 36.6 Å². The van der Waals surface area contributed by atoms with Crippen molar-refractivity contribution in [3.8, 4) is 5.75 Å². The van der Waals surface area contributed by atoms with Crippen LogP contribution in [-0.2, 0) is 6.42 Å². The van der Waals surface area contributed by atoms with Gasteiger partial charge in [0.1, 0.15) is 5.75 Å². The summed E-state index contributed by atoms with van der Waals surface area (Å²) in [7, 11) is 1.65. The zero-order valence-electron chi connectivity index (χ0n) is 11.0. The molecule has 2 unspecified atom stereocenters. The number of ether oxygens (including phenoxy) is 1. The van der Waals surface area contributed by atoms with Crippen molar-refractivity contribution in [2.45, 2.75) is 39.2 Å². The van der Waals surface area contributed by atoms with Crippen LogP contribution in [0.15, 0.2) is 22.7 Å². The molecule has 1 aromatic rings. The SMILES string of the molecule is CCC(C)C(C)(O)Cc1cc(OC)ccc1Br. The summed E-state index contributed by atoms with van der Waals surface area (Å²) in [6.45, 7) is 6.07. The second-order valence-electron chi connectivity index (χ2n) is 4.80. The minimum absolute atomic E-state index is 0.264. The van der Waals surface area contributed by atoms with Gasteiger partial charge in [0.05, 0.1) is 12.7 Å². The second-order valence-corrected chi connectivity index (χ2v) is 5.65. The molecule has 0 radical (unpaired) electrons. The smallest absolute Gasteiger partial charge is 0.119 e. The van der Waals surface area contributed by atoms with Crippen LogP contribution in [0.4, 0.5) is 0 Å². The van der Waals surface area contributed by atoms with Crippen LogP contribution in [0.3, 0.4) is 0 Å². The van der Waals surface area contributed by atoms with E-state index in [1.807, 2.05) is 25.1 Å². The molecular formula is C14H21BrO2. The van der Waals surface area contributed by atoms with Gasteiger partial charge < -0.3 is 9.84 Å². The fourth-order valence-corrected chi connectivity index (χ4v) is 2.20. The average Bonchev–Trinajstić information content (AvgIpc) is 2.30. The molecule has 17 heavy (non-hydrogen) atoms. The summed E-state index contributed by atoms with van der Waals surface area (Å²) in [5, 5.41) is 10.5. The molecule has 0 aliphatic carbocycles. The van der Waals surface area contributed by atoms with Crippen molar-refractivity contribution in [1.82, 2.24) is 0 Å². The van der Waals surface area contributed by atoms with E-state index < -0.39 is 5.60 Å². The van der Waals surface area contributed by atoms with E-state index in [-0.39, 0.29) is 5.92 Å². The number of hydrogen-bond acceptors (Lipinski definition) is 2. The maximum atomic E-state index is 10.5. The van der Waals surface area contributed by atoms with E-state index >= 15 is 0 Å². The lowest BCUT2D eigenvalue weighted by atomic mass is 9.83. The first-order valence-electron chi connectivity index (χ1n) is 5.95. The zero-order valence-corrected chi connectivity index (χ0v) is 12.5. The highest BCUT2D eigenvalue weighted by Crippen LogP contribution is 2.30. The second kappa shape index (κ2) is 5.87. The van der Waals surface area contributed by atoms with Gasteiger partial charge in [0.2, 0.25) is 0 Å². The topological polar surface area (TPSA) is 29.5 Å². The number of halogens is 1. The molecule has 0 saturated carbocycles. The highest BCUT2D eigenvalue weighted by Gasteiger charge is 2.28. The highest BCUT2D eigenvalue weighted by atomic mass is 79.9. The first kappa shape index (κ1) is 14.5.